The molecule has 0 radical (unpaired) electrons. The fraction of sp³-hybridized carbons (Fsp3) is 0.569. The highest BCUT2D eigenvalue weighted by atomic mass is 28.3. The van der Waals surface area contributed by atoms with Crippen molar-refractivity contribution in [3.63, 3.8) is 0 Å². The third-order valence-corrected chi connectivity index (χ3v) is 19.5. The minimum atomic E-state index is -3.63. The maximum atomic E-state index is 2.47. The van der Waals surface area contributed by atoms with E-state index in [-0.39, 0.29) is 5.54 Å². The van der Waals surface area contributed by atoms with Crippen molar-refractivity contribution >= 4 is 74.8 Å². The number of allylic oxidation sites excluding steroid dienone is 4. The molecule has 3 aromatic carbocycles. The Morgan fingerprint density at radius 3 is 0.525 bits per heavy atom. The summed E-state index contributed by atoms with van der Waals surface area (Å²) < 4.78 is 0. The SMILES string of the molecule is CC1=C(C)C([Si](c2c(N(C)C)c(C)c(N(C)C)c(C)c2N(C)C)(c2c(N(C)C)c(C)c(N(C)C)c(C)c2N(C)C)c2c(N(C)C)c(C)c(N(C)C)c(C)c2N(C)C)C(C)=C1C. The van der Waals surface area contributed by atoms with Crippen molar-refractivity contribution in [2.24, 2.45) is 0 Å². The zero-order chi connectivity index (χ0) is 47.0. The molecule has 338 valence electrons. The van der Waals surface area contributed by atoms with Gasteiger partial charge in [-0.1, -0.05) is 11.1 Å². The third-order valence-electron chi connectivity index (χ3n) is 13.9. The molecule has 0 aliphatic heterocycles. The molecule has 0 fully saturated rings. The Labute approximate surface area is 374 Å². The van der Waals surface area contributed by atoms with Gasteiger partial charge < -0.3 is 44.1 Å². The van der Waals surface area contributed by atoms with E-state index in [9.17, 15) is 0 Å². The molecule has 0 saturated carbocycles. The van der Waals surface area contributed by atoms with Crippen LogP contribution in [0.3, 0.4) is 0 Å². The molecule has 1 aliphatic rings. The molecule has 9 nitrogen and oxygen atoms in total. The minimum Gasteiger partial charge on any atom is -0.377 e. The van der Waals surface area contributed by atoms with Gasteiger partial charge in [-0.15, -0.1) is 0 Å². The Kier molecular flexibility index (Phi) is 14.0. The van der Waals surface area contributed by atoms with E-state index >= 15 is 0 Å². The summed E-state index contributed by atoms with van der Waals surface area (Å²) in [5.74, 6) is 0. The van der Waals surface area contributed by atoms with Gasteiger partial charge in [-0.3, -0.25) is 0 Å². The van der Waals surface area contributed by atoms with Gasteiger partial charge in [-0.05, 0) is 129 Å². The molecule has 1 aliphatic carbocycles. The Morgan fingerprint density at radius 2 is 0.393 bits per heavy atom. The van der Waals surface area contributed by atoms with Crippen LogP contribution in [0.1, 0.15) is 61.1 Å². The first-order valence-electron chi connectivity index (χ1n) is 21.9. The quantitative estimate of drug-likeness (QED) is 0.127. The maximum Gasteiger partial charge on any atom is 0.175 e. The highest BCUT2D eigenvalue weighted by Crippen LogP contribution is 2.54. The lowest BCUT2D eigenvalue weighted by atomic mass is 10.0. The van der Waals surface area contributed by atoms with E-state index in [2.05, 4.69) is 240 Å². The average Bonchev–Trinajstić information content (AvgIpc) is 3.28. The number of rotatable bonds is 13. The summed E-state index contributed by atoms with van der Waals surface area (Å²) >= 11 is 0. The highest BCUT2D eigenvalue weighted by Gasteiger charge is 2.59. The molecule has 0 saturated heterocycles. The molecule has 0 aromatic heterocycles. The average molecular weight is 852 g/mol. The summed E-state index contributed by atoms with van der Waals surface area (Å²) in [5, 5.41) is 4.42. The van der Waals surface area contributed by atoms with Crippen molar-refractivity contribution in [3.8, 4) is 0 Å². The van der Waals surface area contributed by atoms with Crippen LogP contribution in [-0.4, -0.2) is 135 Å². The molecule has 0 spiro atoms. The fourth-order valence-electron chi connectivity index (χ4n) is 12.3. The minimum absolute atomic E-state index is 0.0803. The summed E-state index contributed by atoms with van der Waals surface area (Å²) in [6, 6.07) is 0. The van der Waals surface area contributed by atoms with Gasteiger partial charge in [0.05, 0.1) is 0 Å². The highest BCUT2D eigenvalue weighted by molar-refractivity contribution is 7.17. The lowest BCUT2D eigenvalue weighted by molar-refractivity contribution is 1.02. The van der Waals surface area contributed by atoms with E-state index in [1.54, 1.807) is 0 Å². The van der Waals surface area contributed by atoms with Gasteiger partial charge in [0.15, 0.2) is 8.07 Å². The number of hydrogen-bond donors (Lipinski definition) is 0. The molecule has 0 amide bonds. The van der Waals surface area contributed by atoms with Crippen LogP contribution in [0.5, 0.6) is 0 Å². The van der Waals surface area contributed by atoms with Crippen LogP contribution < -0.4 is 59.7 Å². The van der Waals surface area contributed by atoms with Crippen molar-refractivity contribution in [3.05, 3.63) is 55.7 Å². The van der Waals surface area contributed by atoms with E-state index in [1.807, 2.05) is 0 Å². The second-order valence-electron chi connectivity index (χ2n) is 19.9. The Morgan fingerprint density at radius 1 is 0.246 bits per heavy atom. The summed E-state index contributed by atoms with van der Waals surface area (Å²) in [6.07, 6.45) is 0. The predicted octanol–water partition coefficient (Wildman–Crippen LogP) is 7.66. The second kappa shape index (κ2) is 17.4. The van der Waals surface area contributed by atoms with Gasteiger partial charge in [0.2, 0.25) is 0 Å². The normalized spacial score (nSPS) is 13.4. The van der Waals surface area contributed by atoms with Crippen LogP contribution in [0.25, 0.3) is 0 Å². The maximum absolute atomic E-state index is 3.63. The van der Waals surface area contributed by atoms with Gasteiger partial charge in [-0.2, -0.15) is 0 Å². The molecule has 0 heterocycles. The van der Waals surface area contributed by atoms with Crippen molar-refractivity contribution in [1.82, 2.24) is 0 Å². The monoisotopic (exact) mass is 852 g/mol. The van der Waals surface area contributed by atoms with Gasteiger partial charge in [0.1, 0.15) is 0 Å². The van der Waals surface area contributed by atoms with Gasteiger partial charge in [-0.25, -0.2) is 0 Å². The lowest BCUT2D eigenvalue weighted by Gasteiger charge is -2.51. The van der Waals surface area contributed by atoms with Gasteiger partial charge in [0, 0.05) is 184 Å². The molecule has 4 rings (SSSR count). The second-order valence-corrected chi connectivity index (χ2v) is 23.6. The Hall–Kier alpha value is -4.44. The molecule has 0 bridgehead atoms. The Bertz CT molecular complexity index is 1930. The molecule has 10 heteroatoms. The Balaban J connectivity index is 2.95. The number of benzene rings is 3. The number of anilines is 9. The smallest absolute Gasteiger partial charge is 0.175 e. The van der Waals surface area contributed by atoms with E-state index in [1.165, 1.54) is 122 Å². The summed E-state index contributed by atoms with van der Waals surface area (Å²) in [6.45, 7) is 24.0. The molecule has 3 aromatic rings. The van der Waals surface area contributed by atoms with Crippen molar-refractivity contribution in [2.75, 3.05) is 171 Å². The number of nitrogens with zero attached hydrogens (tertiary/aromatic N) is 9. The summed E-state index contributed by atoms with van der Waals surface area (Å²) in [4.78, 5) is 21.7. The lowest BCUT2D eigenvalue weighted by Crippen LogP contribution is -2.74. The molecule has 0 atom stereocenters. The molecular weight excluding hydrogens is 767 g/mol. The molecule has 61 heavy (non-hydrogen) atoms. The topological polar surface area (TPSA) is 29.2 Å². The van der Waals surface area contributed by atoms with Crippen molar-refractivity contribution in [1.29, 1.82) is 0 Å². The van der Waals surface area contributed by atoms with Gasteiger partial charge in [0.25, 0.3) is 0 Å². The summed E-state index contributed by atoms with van der Waals surface area (Å²) in [7, 11) is 37.1. The van der Waals surface area contributed by atoms with Crippen LogP contribution >= 0.6 is 0 Å². The predicted molar refractivity (Wildman–Crippen MR) is 282 cm³/mol. The largest absolute Gasteiger partial charge is 0.377 e. The first kappa shape index (κ1) is 49.2. The van der Waals surface area contributed by atoms with Crippen molar-refractivity contribution < 1.29 is 0 Å². The molecular formula is C51H85N9Si. The fourth-order valence-corrected chi connectivity index (χ4v) is 20.3. The first-order chi connectivity index (χ1) is 28.0. The van der Waals surface area contributed by atoms with Crippen LogP contribution in [0.15, 0.2) is 22.3 Å². The number of hydrogen-bond acceptors (Lipinski definition) is 9. The first-order valence-corrected chi connectivity index (χ1v) is 24.0. The van der Waals surface area contributed by atoms with E-state index in [4.69, 9.17) is 0 Å². The van der Waals surface area contributed by atoms with Crippen LogP contribution in [0, 0.1) is 41.5 Å². The van der Waals surface area contributed by atoms with Crippen LogP contribution in [-0.2, 0) is 0 Å². The van der Waals surface area contributed by atoms with Crippen LogP contribution in [0.4, 0.5) is 51.2 Å². The molecule has 0 N–H and O–H groups in total. The van der Waals surface area contributed by atoms with E-state index < -0.39 is 8.07 Å². The summed E-state index contributed by atoms with van der Waals surface area (Å²) in [5.41, 5.74) is 25.5. The zero-order valence-electron chi connectivity index (χ0n) is 44.1. The van der Waals surface area contributed by atoms with E-state index in [0.29, 0.717) is 0 Å². The van der Waals surface area contributed by atoms with E-state index in [0.717, 1.165) is 0 Å². The van der Waals surface area contributed by atoms with Crippen LogP contribution in [0.2, 0.25) is 5.54 Å². The van der Waals surface area contributed by atoms with Gasteiger partial charge >= 0.3 is 0 Å². The zero-order valence-corrected chi connectivity index (χ0v) is 45.1. The standard InChI is InChI=1S/C51H85N9Si/c1-29-30(2)32(4)48(31(29)3)61(49-42(55(17)18)33(5)39(52(11)12)34(6)43(49)56(19)20,50-44(57(21)22)35(7)40(53(13)14)36(8)45(50)58(23)24)51-46(59(25)26)37(9)41(54(15)16)38(10)47(51)60(27)28/h48H,1-28H3. The van der Waals surface area contributed by atoms with Crippen molar-refractivity contribution in [2.45, 2.75) is 74.8 Å². The molecule has 0 unspecified atom stereocenters. The third kappa shape index (κ3) is 7.32.